The highest BCUT2D eigenvalue weighted by atomic mass is 32.2. The fraction of sp³-hybridized carbons (Fsp3) is 0.316. The van der Waals surface area contributed by atoms with Crippen molar-refractivity contribution < 1.29 is 31.1 Å². The largest absolute Gasteiger partial charge is 0.494 e. The Labute approximate surface area is 167 Å². The molecule has 2 rings (SSSR count). The lowest BCUT2D eigenvalue weighted by Crippen LogP contribution is -2.45. The van der Waals surface area contributed by atoms with Gasteiger partial charge in [0.2, 0.25) is 15.9 Å². The van der Waals surface area contributed by atoms with E-state index >= 15 is 0 Å². The summed E-state index contributed by atoms with van der Waals surface area (Å²) >= 11 is 0. The van der Waals surface area contributed by atoms with Crippen LogP contribution in [0.2, 0.25) is 0 Å². The van der Waals surface area contributed by atoms with E-state index in [1.165, 1.54) is 31.2 Å². The Kier molecular flexibility index (Phi) is 6.78. The Morgan fingerprint density at radius 1 is 1.14 bits per heavy atom. The monoisotopic (exact) mass is 430 g/mol. The number of rotatable bonds is 7. The standard InChI is InChI=1S/C19H21F3N2O4S/c1-4-28-15-11-9-14(10-12-15)24(29(3,26)27)13(2)18(25)23-17-8-6-5-7-16(17)19(20,21)22/h5-13H,4H2,1-3H3,(H,23,25)/t13-/m1/s1. The van der Waals surface area contributed by atoms with E-state index in [-0.39, 0.29) is 5.69 Å². The first kappa shape index (κ1) is 22.5. The molecule has 2 aromatic carbocycles. The van der Waals surface area contributed by atoms with Gasteiger partial charge in [-0.2, -0.15) is 13.2 Å². The topological polar surface area (TPSA) is 75.7 Å². The van der Waals surface area contributed by atoms with Gasteiger partial charge in [-0.1, -0.05) is 12.1 Å². The van der Waals surface area contributed by atoms with E-state index in [0.29, 0.717) is 12.4 Å². The van der Waals surface area contributed by atoms with E-state index in [1.807, 2.05) is 0 Å². The van der Waals surface area contributed by atoms with Gasteiger partial charge in [0.25, 0.3) is 0 Å². The average molecular weight is 430 g/mol. The van der Waals surface area contributed by atoms with Crippen molar-refractivity contribution in [2.24, 2.45) is 0 Å². The van der Waals surface area contributed by atoms with Crippen LogP contribution in [-0.2, 0) is 21.0 Å². The van der Waals surface area contributed by atoms with Gasteiger partial charge in [-0.25, -0.2) is 8.42 Å². The molecule has 10 heteroatoms. The lowest BCUT2D eigenvalue weighted by atomic mass is 10.1. The highest BCUT2D eigenvalue weighted by Crippen LogP contribution is 2.35. The third-order valence-corrected chi connectivity index (χ3v) is 5.22. The van der Waals surface area contributed by atoms with E-state index in [4.69, 9.17) is 4.74 Å². The Hall–Kier alpha value is -2.75. The van der Waals surface area contributed by atoms with Gasteiger partial charge in [0.05, 0.1) is 29.8 Å². The molecule has 0 aliphatic rings. The van der Waals surface area contributed by atoms with Crippen LogP contribution in [0.15, 0.2) is 48.5 Å². The quantitative estimate of drug-likeness (QED) is 0.723. The first-order chi connectivity index (χ1) is 13.4. The molecule has 0 bridgehead atoms. The number of hydrogen-bond donors (Lipinski definition) is 1. The van der Waals surface area contributed by atoms with Crippen molar-refractivity contribution in [1.29, 1.82) is 0 Å². The number of nitrogens with zero attached hydrogens (tertiary/aromatic N) is 1. The summed E-state index contributed by atoms with van der Waals surface area (Å²) in [5, 5.41) is 2.18. The van der Waals surface area contributed by atoms with Gasteiger partial charge >= 0.3 is 6.18 Å². The zero-order valence-electron chi connectivity index (χ0n) is 16.0. The van der Waals surface area contributed by atoms with Crippen LogP contribution in [0.1, 0.15) is 19.4 Å². The molecule has 0 heterocycles. The van der Waals surface area contributed by atoms with Crippen LogP contribution in [0.3, 0.4) is 0 Å². The molecule has 1 amide bonds. The summed E-state index contributed by atoms with van der Waals surface area (Å²) in [5.41, 5.74) is -1.28. The second-order valence-electron chi connectivity index (χ2n) is 6.19. The van der Waals surface area contributed by atoms with Gasteiger partial charge in [-0.15, -0.1) is 0 Å². The zero-order chi connectivity index (χ0) is 21.8. The fourth-order valence-electron chi connectivity index (χ4n) is 2.74. The van der Waals surface area contributed by atoms with E-state index in [2.05, 4.69) is 5.32 Å². The predicted octanol–water partition coefficient (Wildman–Crippen LogP) is 3.90. The number of amides is 1. The van der Waals surface area contributed by atoms with Crippen LogP contribution in [0.25, 0.3) is 0 Å². The van der Waals surface area contributed by atoms with Crippen LogP contribution in [0, 0.1) is 0 Å². The van der Waals surface area contributed by atoms with Gasteiger partial charge in [-0.3, -0.25) is 9.10 Å². The predicted molar refractivity (Wildman–Crippen MR) is 104 cm³/mol. The fourth-order valence-corrected chi connectivity index (χ4v) is 3.92. The van der Waals surface area contributed by atoms with Crippen molar-refractivity contribution >= 4 is 27.3 Å². The number of carbonyl (C=O) groups excluding carboxylic acids is 1. The van der Waals surface area contributed by atoms with Crippen molar-refractivity contribution in [3.8, 4) is 5.75 Å². The van der Waals surface area contributed by atoms with Crippen molar-refractivity contribution in [3.63, 3.8) is 0 Å². The molecule has 1 atom stereocenters. The number of benzene rings is 2. The third-order valence-electron chi connectivity index (χ3n) is 3.98. The lowest BCUT2D eigenvalue weighted by Gasteiger charge is -2.28. The molecule has 6 nitrogen and oxygen atoms in total. The molecule has 0 aliphatic carbocycles. The molecule has 0 saturated carbocycles. The molecule has 1 N–H and O–H groups in total. The number of para-hydroxylation sites is 1. The molecule has 0 aliphatic heterocycles. The second-order valence-corrected chi connectivity index (χ2v) is 8.05. The molecule has 29 heavy (non-hydrogen) atoms. The van der Waals surface area contributed by atoms with Gasteiger partial charge in [-0.05, 0) is 50.2 Å². The molecule has 0 radical (unpaired) electrons. The molecule has 0 fully saturated rings. The molecule has 0 spiro atoms. The minimum absolute atomic E-state index is 0.183. The van der Waals surface area contributed by atoms with Crippen LogP contribution in [-0.4, -0.2) is 33.2 Å². The number of nitrogens with one attached hydrogen (secondary N) is 1. The van der Waals surface area contributed by atoms with Crippen LogP contribution in [0.4, 0.5) is 24.5 Å². The van der Waals surface area contributed by atoms with Crippen LogP contribution < -0.4 is 14.4 Å². The number of anilines is 2. The maximum absolute atomic E-state index is 13.1. The SMILES string of the molecule is CCOc1ccc(N([C@H](C)C(=O)Nc2ccccc2C(F)(F)F)S(C)(=O)=O)cc1. The number of ether oxygens (including phenoxy) is 1. The minimum Gasteiger partial charge on any atom is -0.494 e. The summed E-state index contributed by atoms with van der Waals surface area (Å²) in [7, 11) is -3.91. The summed E-state index contributed by atoms with van der Waals surface area (Å²) < 4.78 is 70.2. The number of carbonyl (C=O) groups is 1. The van der Waals surface area contributed by atoms with Crippen LogP contribution >= 0.6 is 0 Å². The van der Waals surface area contributed by atoms with Crippen molar-refractivity contribution in [1.82, 2.24) is 0 Å². The summed E-state index contributed by atoms with van der Waals surface area (Å²) in [6.45, 7) is 3.51. The Balaban J connectivity index is 2.33. The summed E-state index contributed by atoms with van der Waals surface area (Å²) in [6.07, 6.45) is -3.75. The van der Waals surface area contributed by atoms with Crippen LogP contribution in [0.5, 0.6) is 5.75 Å². The number of alkyl halides is 3. The molecule has 0 saturated heterocycles. The lowest BCUT2D eigenvalue weighted by molar-refractivity contribution is -0.137. The number of sulfonamides is 1. The average Bonchev–Trinajstić information content (AvgIpc) is 2.62. The van der Waals surface area contributed by atoms with Crippen molar-refractivity contribution in [2.75, 3.05) is 22.5 Å². The highest BCUT2D eigenvalue weighted by Gasteiger charge is 2.35. The highest BCUT2D eigenvalue weighted by molar-refractivity contribution is 7.92. The first-order valence-corrected chi connectivity index (χ1v) is 10.5. The summed E-state index contributed by atoms with van der Waals surface area (Å²) in [6, 6.07) is 9.18. The first-order valence-electron chi connectivity index (χ1n) is 8.64. The second kappa shape index (κ2) is 8.73. The number of halogens is 3. The normalized spacial score (nSPS) is 12.9. The van der Waals surface area contributed by atoms with Gasteiger partial charge < -0.3 is 10.1 Å². The van der Waals surface area contributed by atoms with E-state index < -0.39 is 39.4 Å². The molecular weight excluding hydrogens is 409 g/mol. The molecule has 0 unspecified atom stereocenters. The van der Waals surface area contributed by atoms with Gasteiger partial charge in [0.1, 0.15) is 11.8 Å². The summed E-state index contributed by atoms with van der Waals surface area (Å²) in [5.74, 6) is -0.387. The van der Waals surface area contributed by atoms with Crippen molar-refractivity contribution in [2.45, 2.75) is 26.1 Å². The Morgan fingerprint density at radius 3 is 2.24 bits per heavy atom. The third kappa shape index (κ3) is 5.63. The molecule has 2 aromatic rings. The van der Waals surface area contributed by atoms with Gasteiger partial charge in [0.15, 0.2) is 0 Å². The van der Waals surface area contributed by atoms with E-state index in [0.717, 1.165) is 22.7 Å². The number of hydrogen-bond acceptors (Lipinski definition) is 4. The minimum atomic E-state index is -4.67. The van der Waals surface area contributed by atoms with Crippen molar-refractivity contribution in [3.05, 3.63) is 54.1 Å². The maximum atomic E-state index is 13.1. The van der Waals surface area contributed by atoms with E-state index in [9.17, 15) is 26.4 Å². The smallest absolute Gasteiger partial charge is 0.418 e. The molecule has 158 valence electrons. The molecular formula is C19H21F3N2O4S. The summed E-state index contributed by atoms with van der Waals surface area (Å²) in [4.78, 5) is 12.6. The van der Waals surface area contributed by atoms with Gasteiger partial charge in [0, 0.05) is 0 Å². The molecule has 0 aromatic heterocycles. The zero-order valence-corrected chi connectivity index (χ0v) is 16.8. The maximum Gasteiger partial charge on any atom is 0.418 e. The Morgan fingerprint density at radius 2 is 1.72 bits per heavy atom. The Bertz CT molecular complexity index is 960. The van der Waals surface area contributed by atoms with E-state index in [1.54, 1.807) is 19.1 Å².